The summed E-state index contributed by atoms with van der Waals surface area (Å²) in [5.74, 6) is 1.15. The molecular weight excluding hydrogens is 332 g/mol. The van der Waals surface area contributed by atoms with E-state index in [1.54, 1.807) is 24.3 Å². The molecular formula is C18H18N6O2. The van der Waals surface area contributed by atoms with E-state index in [1.165, 1.54) is 13.4 Å². The van der Waals surface area contributed by atoms with Crippen LogP contribution in [0.1, 0.15) is 16.1 Å². The molecule has 0 spiro atoms. The van der Waals surface area contributed by atoms with Crippen LogP contribution in [0.15, 0.2) is 48.8 Å². The highest BCUT2D eigenvalue weighted by Crippen LogP contribution is 2.27. The number of anilines is 5. The topological polar surface area (TPSA) is 115 Å². The summed E-state index contributed by atoms with van der Waals surface area (Å²) >= 11 is 0. The summed E-state index contributed by atoms with van der Waals surface area (Å²) in [6.45, 7) is 1.90. The Balaban J connectivity index is 1.79. The predicted octanol–water partition coefficient (Wildman–Crippen LogP) is 3.04. The van der Waals surface area contributed by atoms with Crippen LogP contribution >= 0.6 is 0 Å². The van der Waals surface area contributed by atoms with Crippen LogP contribution in [0.25, 0.3) is 0 Å². The second-order valence-electron chi connectivity index (χ2n) is 5.47. The summed E-state index contributed by atoms with van der Waals surface area (Å²) in [7, 11) is 1.34. The monoisotopic (exact) mass is 350 g/mol. The number of ether oxygens (including phenoxy) is 1. The summed E-state index contributed by atoms with van der Waals surface area (Å²) in [5, 5.41) is 6.19. The third-order valence-corrected chi connectivity index (χ3v) is 3.59. The smallest absolute Gasteiger partial charge is 0.337 e. The van der Waals surface area contributed by atoms with Gasteiger partial charge in [0.1, 0.15) is 17.8 Å². The molecule has 0 aliphatic heterocycles. The Kier molecular flexibility index (Phi) is 4.93. The molecule has 0 saturated carbocycles. The van der Waals surface area contributed by atoms with Crippen molar-refractivity contribution < 1.29 is 9.53 Å². The SMILES string of the molecule is COC(=O)c1ccc(Nc2ncnc(Nc3cccc(C)n3)c2N)cc1. The minimum Gasteiger partial charge on any atom is -0.465 e. The largest absolute Gasteiger partial charge is 0.465 e. The maximum Gasteiger partial charge on any atom is 0.337 e. The highest BCUT2D eigenvalue weighted by Gasteiger charge is 2.10. The van der Waals surface area contributed by atoms with E-state index in [1.807, 2.05) is 25.1 Å². The molecule has 132 valence electrons. The van der Waals surface area contributed by atoms with Gasteiger partial charge in [-0.3, -0.25) is 0 Å². The van der Waals surface area contributed by atoms with E-state index in [2.05, 4.69) is 30.3 Å². The molecule has 26 heavy (non-hydrogen) atoms. The third-order valence-electron chi connectivity index (χ3n) is 3.59. The normalized spacial score (nSPS) is 10.2. The highest BCUT2D eigenvalue weighted by molar-refractivity contribution is 5.90. The molecule has 3 rings (SSSR count). The van der Waals surface area contributed by atoms with Gasteiger partial charge in [-0.1, -0.05) is 6.07 Å². The molecule has 0 unspecified atom stereocenters. The van der Waals surface area contributed by atoms with E-state index in [0.717, 1.165) is 11.4 Å². The van der Waals surface area contributed by atoms with Gasteiger partial charge in [-0.05, 0) is 43.3 Å². The Morgan fingerprint density at radius 2 is 1.73 bits per heavy atom. The molecule has 0 atom stereocenters. The molecule has 0 aliphatic rings. The molecule has 0 fully saturated rings. The summed E-state index contributed by atoms with van der Waals surface area (Å²) in [6, 6.07) is 12.4. The first-order valence-corrected chi connectivity index (χ1v) is 7.83. The van der Waals surface area contributed by atoms with Crippen LogP contribution in [0.4, 0.5) is 28.8 Å². The van der Waals surface area contributed by atoms with Crippen molar-refractivity contribution >= 4 is 34.8 Å². The molecule has 8 nitrogen and oxygen atoms in total. The van der Waals surface area contributed by atoms with E-state index in [4.69, 9.17) is 5.73 Å². The molecule has 3 aromatic rings. The van der Waals surface area contributed by atoms with Gasteiger partial charge in [0.2, 0.25) is 0 Å². The van der Waals surface area contributed by atoms with E-state index >= 15 is 0 Å². The van der Waals surface area contributed by atoms with Crippen molar-refractivity contribution in [3.05, 3.63) is 60.0 Å². The number of aromatic nitrogens is 3. The zero-order valence-electron chi connectivity index (χ0n) is 14.4. The lowest BCUT2D eigenvalue weighted by Crippen LogP contribution is -2.06. The van der Waals surface area contributed by atoms with Crippen molar-refractivity contribution in [1.29, 1.82) is 0 Å². The molecule has 8 heteroatoms. The molecule has 1 aromatic carbocycles. The molecule has 4 N–H and O–H groups in total. The number of rotatable bonds is 5. The first kappa shape index (κ1) is 17.2. The molecule has 0 aliphatic carbocycles. The standard InChI is InChI=1S/C18H18N6O2/c1-11-4-3-5-14(22-11)24-17-15(19)16(20-10-21-17)23-13-8-6-12(7-9-13)18(25)26-2/h3-10H,19H2,1-2H3,(H2,20,21,22,23,24). The fraction of sp³-hybridized carbons (Fsp3) is 0.111. The Labute approximate surface area is 150 Å². The quantitative estimate of drug-likeness (QED) is 0.601. The number of nitrogens with two attached hydrogens (primary N) is 1. The zero-order chi connectivity index (χ0) is 18.5. The number of benzene rings is 1. The average Bonchev–Trinajstić information content (AvgIpc) is 2.65. The number of esters is 1. The van der Waals surface area contributed by atoms with Crippen LogP contribution in [0, 0.1) is 6.92 Å². The van der Waals surface area contributed by atoms with Crippen molar-refractivity contribution in [2.75, 3.05) is 23.5 Å². The van der Waals surface area contributed by atoms with Gasteiger partial charge < -0.3 is 21.1 Å². The predicted molar refractivity (Wildman–Crippen MR) is 99.8 cm³/mol. The van der Waals surface area contributed by atoms with Gasteiger partial charge in [-0.2, -0.15) is 0 Å². The number of pyridine rings is 1. The fourth-order valence-corrected chi connectivity index (χ4v) is 2.27. The number of hydrogen-bond acceptors (Lipinski definition) is 8. The van der Waals surface area contributed by atoms with E-state index in [0.29, 0.717) is 28.7 Å². The van der Waals surface area contributed by atoms with Crippen LogP contribution in [0.3, 0.4) is 0 Å². The van der Waals surface area contributed by atoms with Crippen LogP contribution in [0.2, 0.25) is 0 Å². The van der Waals surface area contributed by atoms with E-state index < -0.39 is 5.97 Å². The van der Waals surface area contributed by atoms with Crippen molar-refractivity contribution in [3.8, 4) is 0 Å². The van der Waals surface area contributed by atoms with Crippen LogP contribution in [-0.4, -0.2) is 28.0 Å². The van der Waals surface area contributed by atoms with Gasteiger partial charge in [-0.25, -0.2) is 19.7 Å². The second-order valence-corrected chi connectivity index (χ2v) is 5.47. The lowest BCUT2D eigenvalue weighted by atomic mass is 10.2. The second kappa shape index (κ2) is 7.47. The number of hydrogen-bond donors (Lipinski definition) is 3. The molecule has 0 radical (unpaired) electrons. The number of methoxy groups -OCH3 is 1. The van der Waals surface area contributed by atoms with Crippen molar-refractivity contribution in [3.63, 3.8) is 0 Å². The van der Waals surface area contributed by atoms with Crippen LogP contribution in [-0.2, 0) is 4.74 Å². The first-order valence-electron chi connectivity index (χ1n) is 7.83. The Bertz CT molecular complexity index is 927. The number of nitrogens with one attached hydrogen (secondary N) is 2. The molecule has 0 amide bonds. The summed E-state index contributed by atoms with van der Waals surface area (Å²) in [4.78, 5) is 24.2. The van der Waals surface area contributed by atoms with Crippen molar-refractivity contribution in [2.45, 2.75) is 6.92 Å². The Morgan fingerprint density at radius 1 is 1.04 bits per heavy atom. The Hall–Kier alpha value is -3.68. The maximum absolute atomic E-state index is 11.5. The van der Waals surface area contributed by atoms with Gasteiger partial charge in [0.05, 0.1) is 12.7 Å². The van der Waals surface area contributed by atoms with Crippen LogP contribution < -0.4 is 16.4 Å². The molecule has 2 heterocycles. The lowest BCUT2D eigenvalue weighted by molar-refractivity contribution is 0.0601. The van der Waals surface area contributed by atoms with Gasteiger partial charge in [0, 0.05) is 11.4 Å². The zero-order valence-corrected chi connectivity index (χ0v) is 14.4. The van der Waals surface area contributed by atoms with Crippen molar-refractivity contribution in [2.24, 2.45) is 0 Å². The third kappa shape index (κ3) is 3.86. The number of carbonyl (C=O) groups excluding carboxylic acids is 1. The fourth-order valence-electron chi connectivity index (χ4n) is 2.27. The minimum absolute atomic E-state index is 0.354. The summed E-state index contributed by atoms with van der Waals surface area (Å²) in [5.41, 5.74) is 8.59. The van der Waals surface area contributed by atoms with Crippen LogP contribution in [0.5, 0.6) is 0 Å². The lowest BCUT2D eigenvalue weighted by Gasteiger charge is -2.12. The minimum atomic E-state index is -0.393. The van der Waals surface area contributed by atoms with E-state index in [9.17, 15) is 4.79 Å². The molecule has 2 aromatic heterocycles. The molecule has 0 saturated heterocycles. The van der Waals surface area contributed by atoms with Gasteiger partial charge in [-0.15, -0.1) is 0 Å². The number of carbonyl (C=O) groups is 1. The maximum atomic E-state index is 11.5. The van der Waals surface area contributed by atoms with Gasteiger partial charge in [0.25, 0.3) is 0 Å². The number of nitrogen functional groups attached to an aromatic ring is 1. The number of nitrogens with zero attached hydrogens (tertiary/aromatic N) is 3. The average molecular weight is 350 g/mol. The van der Waals surface area contributed by atoms with Crippen molar-refractivity contribution in [1.82, 2.24) is 15.0 Å². The molecule has 0 bridgehead atoms. The Morgan fingerprint density at radius 3 is 2.38 bits per heavy atom. The summed E-state index contributed by atoms with van der Waals surface area (Å²) < 4.78 is 4.68. The highest BCUT2D eigenvalue weighted by atomic mass is 16.5. The van der Waals surface area contributed by atoms with Gasteiger partial charge >= 0.3 is 5.97 Å². The first-order chi connectivity index (χ1) is 12.6. The van der Waals surface area contributed by atoms with E-state index in [-0.39, 0.29) is 0 Å². The van der Waals surface area contributed by atoms with Gasteiger partial charge in [0.15, 0.2) is 11.6 Å². The number of aryl methyl sites for hydroxylation is 1. The summed E-state index contributed by atoms with van der Waals surface area (Å²) in [6.07, 6.45) is 1.40.